The molecule has 1 saturated heterocycles. The molecule has 24 heavy (non-hydrogen) atoms. The molecule has 2 nitrogen and oxygen atoms in total. The minimum absolute atomic E-state index is 0.0912. The fraction of sp³-hybridized carbons (Fsp3) is 0.136. The third kappa shape index (κ3) is 3.09. The maximum atomic E-state index is 12.7. The van der Waals surface area contributed by atoms with Crippen molar-refractivity contribution in [1.29, 1.82) is 0 Å². The molecule has 2 aromatic carbocycles. The number of rotatable bonds is 4. The van der Waals surface area contributed by atoms with E-state index < -0.39 is 0 Å². The predicted molar refractivity (Wildman–Crippen MR) is 98.2 cm³/mol. The number of carbonyl (C=O) groups excluding carboxylic acids is 1. The first kappa shape index (κ1) is 16.0. The average molecular weight is 315 g/mol. The highest BCUT2D eigenvalue weighted by Gasteiger charge is 2.35. The number of allylic oxidation sites excluding steroid dienone is 4. The summed E-state index contributed by atoms with van der Waals surface area (Å²) in [7, 11) is 0. The molecule has 1 aliphatic heterocycles. The van der Waals surface area contributed by atoms with E-state index in [-0.39, 0.29) is 11.9 Å². The molecule has 0 N–H and O–H groups in total. The molecule has 1 amide bonds. The molecule has 1 aliphatic rings. The van der Waals surface area contributed by atoms with Gasteiger partial charge in [0.2, 0.25) is 5.91 Å². The maximum Gasteiger partial charge on any atom is 0.232 e. The second-order valence-electron chi connectivity index (χ2n) is 5.85. The molecular weight excluding hydrogens is 294 g/mol. The van der Waals surface area contributed by atoms with Crippen LogP contribution in [0, 0.1) is 0 Å². The van der Waals surface area contributed by atoms with Gasteiger partial charge in [-0.3, -0.25) is 4.79 Å². The lowest BCUT2D eigenvalue weighted by atomic mass is 9.97. The van der Waals surface area contributed by atoms with Crippen LogP contribution >= 0.6 is 0 Å². The molecule has 0 radical (unpaired) electrons. The summed E-state index contributed by atoms with van der Waals surface area (Å²) in [5.74, 6) is 0.0912. The van der Waals surface area contributed by atoms with Crippen LogP contribution in [-0.2, 0) is 4.79 Å². The van der Waals surface area contributed by atoms with Gasteiger partial charge in [-0.1, -0.05) is 79.4 Å². The number of nitrogens with zero attached hydrogens (tertiary/aromatic N) is 1. The van der Waals surface area contributed by atoms with Gasteiger partial charge in [0.05, 0.1) is 12.5 Å². The Labute approximate surface area is 143 Å². The molecule has 1 heterocycles. The molecule has 0 unspecified atom stereocenters. The first-order chi connectivity index (χ1) is 11.7. The summed E-state index contributed by atoms with van der Waals surface area (Å²) in [6, 6.07) is 20.2. The van der Waals surface area contributed by atoms with Gasteiger partial charge in [-0.05, 0) is 29.7 Å². The zero-order valence-corrected chi connectivity index (χ0v) is 13.9. The highest BCUT2D eigenvalue weighted by molar-refractivity contribution is 5.88. The molecule has 3 rings (SSSR count). The van der Waals surface area contributed by atoms with Crippen molar-refractivity contribution in [2.45, 2.75) is 19.4 Å². The van der Waals surface area contributed by atoms with E-state index in [9.17, 15) is 4.79 Å². The van der Waals surface area contributed by atoms with Gasteiger partial charge in [-0.2, -0.15) is 0 Å². The fourth-order valence-corrected chi connectivity index (χ4v) is 3.09. The van der Waals surface area contributed by atoms with Gasteiger partial charge in [-0.25, -0.2) is 0 Å². The number of likely N-dealkylation sites (tertiary alicyclic amines) is 1. The average Bonchev–Trinajstić information content (AvgIpc) is 2.89. The van der Waals surface area contributed by atoms with E-state index in [0.29, 0.717) is 6.42 Å². The molecule has 0 aromatic heterocycles. The maximum absolute atomic E-state index is 12.7. The van der Waals surface area contributed by atoms with E-state index in [2.05, 4.69) is 30.8 Å². The van der Waals surface area contributed by atoms with Crippen molar-refractivity contribution >= 4 is 5.91 Å². The largest absolute Gasteiger partial charge is 0.300 e. The molecular formula is C22H21NO. The van der Waals surface area contributed by atoms with Crippen LogP contribution < -0.4 is 0 Å². The van der Waals surface area contributed by atoms with Crippen LogP contribution in [-0.4, -0.2) is 10.8 Å². The highest BCUT2D eigenvalue weighted by atomic mass is 16.2. The van der Waals surface area contributed by atoms with E-state index in [1.165, 1.54) is 0 Å². The van der Waals surface area contributed by atoms with Crippen molar-refractivity contribution in [2.24, 2.45) is 0 Å². The van der Waals surface area contributed by atoms with E-state index in [1.54, 1.807) is 0 Å². The summed E-state index contributed by atoms with van der Waals surface area (Å²) >= 11 is 0. The quantitative estimate of drug-likeness (QED) is 0.775. The van der Waals surface area contributed by atoms with Crippen LogP contribution in [0.1, 0.15) is 30.5 Å². The first-order valence-electron chi connectivity index (χ1n) is 8.15. The molecule has 120 valence electrons. The molecule has 2 heteroatoms. The summed E-state index contributed by atoms with van der Waals surface area (Å²) in [6.45, 7) is 6.06. The van der Waals surface area contributed by atoms with Gasteiger partial charge in [0, 0.05) is 5.70 Å². The Morgan fingerprint density at radius 2 is 1.54 bits per heavy atom. The third-order valence-electron chi connectivity index (χ3n) is 4.19. The van der Waals surface area contributed by atoms with Crippen LogP contribution in [0.15, 0.2) is 96.7 Å². The highest BCUT2D eigenvalue weighted by Crippen LogP contribution is 2.39. The number of benzene rings is 2. The SMILES string of the molecule is C=C1CC(=O)N(C(c2ccccc2)c2ccccc2)/C1=C/C=C\C. The van der Waals surface area contributed by atoms with Gasteiger partial charge in [0.15, 0.2) is 0 Å². The summed E-state index contributed by atoms with van der Waals surface area (Å²) in [6.07, 6.45) is 6.27. The minimum Gasteiger partial charge on any atom is -0.300 e. The van der Waals surface area contributed by atoms with Crippen molar-refractivity contribution < 1.29 is 4.79 Å². The van der Waals surface area contributed by atoms with Gasteiger partial charge >= 0.3 is 0 Å². The molecule has 0 bridgehead atoms. The summed E-state index contributed by atoms with van der Waals surface area (Å²) in [5.41, 5.74) is 3.96. The van der Waals surface area contributed by atoms with Crippen molar-refractivity contribution in [3.8, 4) is 0 Å². The van der Waals surface area contributed by atoms with Crippen molar-refractivity contribution in [1.82, 2.24) is 4.90 Å². The zero-order chi connectivity index (χ0) is 16.9. The summed E-state index contributed by atoms with van der Waals surface area (Å²) in [4.78, 5) is 14.6. The monoisotopic (exact) mass is 315 g/mol. The van der Waals surface area contributed by atoms with Gasteiger partial charge in [0.25, 0.3) is 0 Å². The van der Waals surface area contributed by atoms with Crippen molar-refractivity contribution in [2.75, 3.05) is 0 Å². The van der Waals surface area contributed by atoms with Gasteiger partial charge < -0.3 is 4.90 Å². The smallest absolute Gasteiger partial charge is 0.232 e. The minimum atomic E-state index is -0.143. The Kier molecular flexibility index (Phi) is 4.76. The fourth-order valence-electron chi connectivity index (χ4n) is 3.09. The predicted octanol–water partition coefficient (Wildman–Crippen LogP) is 5.02. The Bertz CT molecular complexity index is 748. The summed E-state index contributed by atoms with van der Waals surface area (Å²) < 4.78 is 0. The normalized spacial score (nSPS) is 16.8. The second-order valence-corrected chi connectivity index (χ2v) is 5.85. The lowest BCUT2D eigenvalue weighted by Crippen LogP contribution is -2.29. The second kappa shape index (κ2) is 7.14. The van der Waals surface area contributed by atoms with E-state index in [1.807, 2.05) is 66.4 Å². The lowest BCUT2D eigenvalue weighted by molar-refractivity contribution is -0.127. The molecule has 0 aliphatic carbocycles. The standard InChI is InChI=1S/C22H21NO/c1-3-4-15-20-17(2)16-21(24)23(20)22(18-11-7-5-8-12-18)19-13-9-6-10-14-19/h3-15,22H,2,16H2,1H3/b4-3-,20-15+. The van der Waals surface area contributed by atoms with E-state index in [0.717, 1.165) is 22.4 Å². The Morgan fingerprint density at radius 3 is 2.04 bits per heavy atom. The molecule has 0 spiro atoms. The number of carbonyl (C=O) groups is 1. The molecule has 1 fully saturated rings. The number of hydrogen-bond donors (Lipinski definition) is 0. The van der Waals surface area contributed by atoms with Gasteiger partial charge in [-0.15, -0.1) is 0 Å². The summed E-state index contributed by atoms with van der Waals surface area (Å²) in [5, 5.41) is 0. The van der Waals surface area contributed by atoms with Crippen LogP contribution in [0.25, 0.3) is 0 Å². The van der Waals surface area contributed by atoms with Crippen LogP contribution in [0.4, 0.5) is 0 Å². The van der Waals surface area contributed by atoms with Crippen molar-refractivity contribution in [3.05, 3.63) is 108 Å². The Hall–Kier alpha value is -2.87. The first-order valence-corrected chi connectivity index (χ1v) is 8.15. The van der Waals surface area contributed by atoms with E-state index in [4.69, 9.17) is 0 Å². The van der Waals surface area contributed by atoms with Gasteiger partial charge in [0.1, 0.15) is 0 Å². The topological polar surface area (TPSA) is 20.3 Å². The molecule has 0 atom stereocenters. The van der Waals surface area contributed by atoms with Crippen LogP contribution in [0.5, 0.6) is 0 Å². The number of hydrogen-bond acceptors (Lipinski definition) is 1. The Balaban J connectivity index is 2.14. The third-order valence-corrected chi connectivity index (χ3v) is 4.19. The van der Waals surface area contributed by atoms with Crippen LogP contribution in [0.3, 0.4) is 0 Å². The molecule has 0 saturated carbocycles. The molecule has 2 aromatic rings. The van der Waals surface area contributed by atoms with Crippen LogP contribution in [0.2, 0.25) is 0 Å². The number of amides is 1. The Morgan fingerprint density at radius 1 is 1.00 bits per heavy atom. The zero-order valence-electron chi connectivity index (χ0n) is 13.9. The lowest BCUT2D eigenvalue weighted by Gasteiger charge is -2.30. The van der Waals surface area contributed by atoms with Crippen molar-refractivity contribution in [3.63, 3.8) is 0 Å². The van der Waals surface area contributed by atoms with E-state index >= 15 is 0 Å².